The maximum atomic E-state index is 13.1. The highest BCUT2D eigenvalue weighted by Crippen LogP contribution is 2.23. The first-order valence-electron chi connectivity index (χ1n) is 5.83. The molecule has 1 fully saturated rings. The molecule has 1 saturated heterocycles. The Bertz CT molecular complexity index is 455. The van der Waals surface area contributed by atoms with Crippen LogP contribution in [0.5, 0.6) is 0 Å². The fourth-order valence-electron chi connectivity index (χ4n) is 1.98. The fourth-order valence-corrected chi connectivity index (χ4v) is 2.15. The zero-order valence-electron chi connectivity index (χ0n) is 9.83. The van der Waals surface area contributed by atoms with E-state index in [1.165, 1.54) is 18.2 Å². The van der Waals surface area contributed by atoms with Crippen LogP contribution >= 0.6 is 11.6 Å². The molecule has 0 aromatic heterocycles. The quantitative estimate of drug-likeness (QED) is 0.824. The molecule has 1 aliphatic heterocycles. The standard InChI is InChI=1S/C12H15ClFN3O/c13-10-4-3-8(14)6-11(10)16-12(18)17-5-1-2-9(15)7-17/h3-4,6,9H,1-2,5,7,15H2,(H,16,18). The second-order valence-corrected chi connectivity index (χ2v) is 4.81. The predicted molar refractivity (Wildman–Crippen MR) is 69.2 cm³/mol. The molecule has 2 rings (SSSR count). The van der Waals surface area contributed by atoms with Crippen molar-refractivity contribution in [3.8, 4) is 0 Å². The minimum atomic E-state index is -0.440. The third-order valence-corrected chi connectivity index (χ3v) is 3.24. The SMILES string of the molecule is NC1CCCN(C(=O)Nc2cc(F)ccc2Cl)C1. The van der Waals surface area contributed by atoms with Gasteiger partial charge in [0.1, 0.15) is 5.82 Å². The van der Waals surface area contributed by atoms with E-state index < -0.39 is 5.82 Å². The predicted octanol–water partition coefficient (Wildman–Crippen LogP) is 2.43. The molecule has 98 valence electrons. The molecule has 0 radical (unpaired) electrons. The molecular weight excluding hydrogens is 257 g/mol. The normalized spacial score (nSPS) is 19.7. The number of amides is 2. The summed E-state index contributed by atoms with van der Waals surface area (Å²) in [5.74, 6) is -0.440. The Hall–Kier alpha value is -1.33. The van der Waals surface area contributed by atoms with Gasteiger partial charge in [0.05, 0.1) is 10.7 Å². The zero-order valence-corrected chi connectivity index (χ0v) is 10.6. The molecule has 1 unspecified atom stereocenters. The lowest BCUT2D eigenvalue weighted by Gasteiger charge is -2.30. The van der Waals surface area contributed by atoms with Crippen LogP contribution in [-0.4, -0.2) is 30.1 Å². The van der Waals surface area contributed by atoms with Crippen LogP contribution < -0.4 is 11.1 Å². The van der Waals surface area contributed by atoms with Crippen LogP contribution in [0.25, 0.3) is 0 Å². The van der Waals surface area contributed by atoms with Gasteiger partial charge >= 0.3 is 6.03 Å². The number of urea groups is 1. The van der Waals surface area contributed by atoms with Gasteiger partial charge in [0.15, 0.2) is 0 Å². The van der Waals surface area contributed by atoms with Crippen molar-refractivity contribution < 1.29 is 9.18 Å². The van der Waals surface area contributed by atoms with E-state index in [9.17, 15) is 9.18 Å². The van der Waals surface area contributed by atoms with E-state index in [1.807, 2.05) is 0 Å². The molecule has 1 atom stereocenters. The highest BCUT2D eigenvalue weighted by molar-refractivity contribution is 6.33. The number of hydrogen-bond acceptors (Lipinski definition) is 2. The average molecular weight is 272 g/mol. The van der Waals surface area contributed by atoms with Gasteiger partial charge in [-0.2, -0.15) is 0 Å². The Morgan fingerprint density at radius 3 is 3.06 bits per heavy atom. The van der Waals surface area contributed by atoms with Crippen LogP contribution in [0.2, 0.25) is 5.02 Å². The number of carbonyl (C=O) groups excluding carboxylic acids is 1. The first-order chi connectivity index (χ1) is 8.56. The summed E-state index contributed by atoms with van der Waals surface area (Å²) in [5.41, 5.74) is 6.08. The Balaban J connectivity index is 2.04. The van der Waals surface area contributed by atoms with E-state index in [2.05, 4.69) is 5.32 Å². The number of nitrogens with zero attached hydrogens (tertiary/aromatic N) is 1. The number of likely N-dealkylation sites (tertiary alicyclic amines) is 1. The topological polar surface area (TPSA) is 58.4 Å². The third-order valence-electron chi connectivity index (χ3n) is 2.92. The number of carbonyl (C=O) groups is 1. The number of halogens is 2. The summed E-state index contributed by atoms with van der Waals surface area (Å²) in [7, 11) is 0. The van der Waals surface area contributed by atoms with Crippen LogP contribution in [0.1, 0.15) is 12.8 Å². The summed E-state index contributed by atoms with van der Waals surface area (Å²) in [5, 5.41) is 2.91. The number of nitrogens with one attached hydrogen (secondary N) is 1. The number of benzene rings is 1. The second kappa shape index (κ2) is 5.54. The van der Waals surface area contributed by atoms with E-state index in [1.54, 1.807) is 4.90 Å². The van der Waals surface area contributed by atoms with Gasteiger partial charge in [-0.25, -0.2) is 9.18 Å². The molecule has 3 N–H and O–H groups in total. The number of anilines is 1. The summed E-state index contributed by atoms with van der Waals surface area (Å²) >= 11 is 5.88. The lowest BCUT2D eigenvalue weighted by Crippen LogP contribution is -2.47. The van der Waals surface area contributed by atoms with E-state index in [4.69, 9.17) is 17.3 Å². The Morgan fingerprint density at radius 1 is 1.56 bits per heavy atom. The van der Waals surface area contributed by atoms with Crippen molar-refractivity contribution in [2.75, 3.05) is 18.4 Å². The van der Waals surface area contributed by atoms with Crippen LogP contribution in [0.4, 0.5) is 14.9 Å². The van der Waals surface area contributed by atoms with E-state index in [0.717, 1.165) is 12.8 Å². The van der Waals surface area contributed by atoms with E-state index >= 15 is 0 Å². The first-order valence-corrected chi connectivity index (χ1v) is 6.20. The smallest absolute Gasteiger partial charge is 0.321 e. The molecule has 1 heterocycles. The molecule has 18 heavy (non-hydrogen) atoms. The highest BCUT2D eigenvalue weighted by Gasteiger charge is 2.21. The molecule has 6 heteroatoms. The Morgan fingerprint density at radius 2 is 2.33 bits per heavy atom. The molecule has 1 aromatic carbocycles. The van der Waals surface area contributed by atoms with Gasteiger partial charge in [0.25, 0.3) is 0 Å². The molecule has 0 aliphatic carbocycles. The van der Waals surface area contributed by atoms with Crippen molar-refractivity contribution in [3.05, 3.63) is 29.0 Å². The first kappa shape index (κ1) is 13.1. The number of hydrogen-bond donors (Lipinski definition) is 2. The summed E-state index contributed by atoms with van der Waals surface area (Å²) in [4.78, 5) is 13.6. The molecule has 0 spiro atoms. The van der Waals surface area contributed by atoms with Gasteiger partial charge < -0.3 is 16.0 Å². The fraction of sp³-hybridized carbons (Fsp3) is 0.417. The maximum Gasteiger partial charge on any atom is 0.321 e. The monoisotopic (exact) mass is 271 g/mol. The molecule has 0 saturated carbocycles. The van der Waals surface area contributed by atoms with Crippen molar-refractivity contribution >= 4 is 23.3 Å². The van der Waals surface area contributed by atoms with Crippen molar-refractivity contribution in [2.45, 2.75) is 18.9 Å². The molecular formula is C12H15ClFN3O. The largest absolute Gasteiger partial charge is 0.326 e. The lowest BCUT2D eigenvalue weighted by atomic mass is 10.1. The van der Waals surface area contributed by atoms with Gasteiger partial charge in [-0.3, -0.25) is 0 Å². The van der Waals surface area contributed by atoms with Gasteiger partial charge in [-0.15, -0.1) is 0 Å². The summed E-state index contributed by atoms with van der Waals surface area (Å²) in [6.07, 6.45) is 1.80. The van der Waals surface area contributed by atoms with E-state index in [0.29, 0.717) is 18.1 Å². The average Bonchev–Trinajstić information content (AvgIpc) is 2.34. The van der Waals surface area contributed by atoms with Gasteiger partial charge in [-0.1, -0.05) is 11.6 Å². The summed E-state index contributed by atoms with van der Waals surface area (Å²) in [6.45, 7) is 1.17. The molecule has 0 bridgehead atoms. The highest BCUT2D eigenvalue weighted by atomic mass is 35.5. The van der Waals surface area contributed by atoms with Gasteiger partial charge in [0, 0.05) is 19.1 Å². The minimum Gasteiger partial charge on any atom is -0.326 e. The van der Waals surface area contributed by atoms with Crippen molar-refractivity contribution in [1.29, 1.82) is 0 Å². The number of nitrogens with two attached hydrogens (primary N) is 1. The molecule has 2 amide bonds. The lowest BCUT2D eigenvalue weighted by molar-refractivity contribution is 0.193. The zero-order chi connectivity index (χ0) is 13.1. The van der Waals surface area contributed by atoms with Crippen LogP contribution in [0, 0.1) is 5.82 Å². The third kappa shape index (κ3) is 3.11. The number of rotatable bonds is 1. The molecule has 4 nitrogen and oxygen atoms in total. The Kier molecular flexibility index (Phi) is 4.04. The minimum absolute atomic E-state index is 0.00693. The van der Waals surface area contributed by atoms with Crippen LogP contribution in [0.3, 0.4) is 0 Å². The van der Waals surface area contributed by atoms with E-state index in [-0.39, 0.29) is 17.8 Å². The number of piperidine rings is 1. The summed E-state index contributed by atoms with van der Waals surface area (Å²) < 4.78 is 13.1. The van der Waals surface area contributed by atoms with Crippen molar-refractivity contribution in [2.24, 2.45) is 5.73 Å². The van der Waals surface area contributed by atoms with Gasteiger partial charge in [-0.05, 0) is 31.0 Å². The molecule has 1 aliphatic rings. The maximum absolute atomic E-state index is 13.1. The van der Waals surface area contributed by atoms with Crippen molar-refractivity contribution in [1.82, 2.24) is 4.90 Å². The van der Waals surface area contributed by atoms with Crippen LogP contribution in [0.15, 0.2) is 18.2 Å². The van der Waals surface area contributed by atoms with Gasteiger partial charge in [0.2, 0.25) is 0 Å². The summed E-state index contributed by atoms with van der Waals surface area (Å²) in [6, 6.07) is 3.57. The van der Waals surface area contributed by atoms with Crippen molar-refractivity contribution in [3.63, 3.8) is 0 Å². The second-order valence-electron chi connectivity index (χ2n) is 4.40. The Labute approximate surface area is 110 Å². The molecule has 1 aromatic rings. The van der Waals surface area contributed by atoms with Crippen LogP contribution in [-0.2, 0) is 0 Å².